The third-order valence-electron chi connectivity index (χ3n) is 2.14. The van der Waals surface area contributed by atoms with E-state index in [0.717, 1.165) is 19.6 Å². The minimum absolute atomic E-state index is 0.404. The van der Waals surface area contributed by atoms with Crippen LogP contribution in [0, 0.1) is 5.92 Å². The van der Waals surface area contributed by atoms with Gasteiger partial charge in [-0.15, -0.1) is 0 Å². The molecule has 0 aliphatic carbocycles. The fourth-order valence-electron chi connectivity index (χ4n) is 1.32. The molecule has 1 aliphatic heterocycles. The normalized spacial score (nSPS) is 21.0. The largest absolute Gasteiger partial charge is 0.476 e. The molecule has 0 spiro atoms. The number of nitrogens with zero attached hydrogens (tertiary/aromatic N) is 2. The zero-order valence-electron chi connectivity index (χ0n) is 7.85. The van der Waals surface area contributed by atoms with E-state index in [9.17, 15) is 0 Å². The number of anilines is 1. The molecule has 1 aromatic heterocycles. The highest BCUT2D eigenvalue weighted by Gasteiger charge is 2.16. The summed E-state index contributed by atoms with van der Waals surface area (Å²) in [5.41, 5.74) is 5.40. The van der Waals surface area contributed by atoms with Gasteiger partial charge < -0.3 is 15.2 Å². The van der Waals surface area contributed by atoms with Crippen molar-refractivity contribution in [2.45, 2.75) is 6.42 Å². The Balaban J connectivity index is 1.82. The first-order chi connectivity index (χ1) is 6.84. The Morgan fingerprint density at radius 1 is 1.50 bits per heavy atom. The number of hydrogen-bond donors (Lipinski definition) is 1. The molecule has 5 nitrogen and oxygen atoms in total. The molecular formula is C9H13N3O2. The summed E-state index contributed by atoms with van der Waals surface area (Å²) in [6.07, 6.45) is 4.08. The van der Waals surface area contributed by atoms with Gasteiger partial charge in [-0.05, 0) is 6.42 Å². The van der Waals surface area contributed by atoms with Gasteiger partial charge in [0.25, 0.3) is 0 Å². The van der Waals surface area contributed by atoms with E-state index < -0.39 is 0 Å². The van der Waals surface area contributed by atoms with Gasteiger partial charge in [-0.2, -0.15) is 0 Å². The minimum atomic E-state index is 0.404. The predicted octanol–water partition coefficient (Wildman–Crippen LogP) is 0.474. The fourth-order valence-corrected chi connectivity index (χ4v) is 1.32. The maximum Gasteiger partial charge on any atom is 0.232 e. The van der Waals surface area contributed by atoms with Gasteiger partial charge in [-0.3, -0.25) is 0 Å². The van der Waals surface area contributed by atoms with Crippen molar-refractivity contribution < 1.29 is 9.47 Å². The maximum absolute atomic E-state index is 5.44. The van der Waals surface area contributed by atoms with Crippen LogP contribution in [0.2, 0.25) is 0 Å². The topological polar surface area (TPSA) is 70.3 Å². The lowest BCUT2D eigenvalue weighted by Crippen LogP contribution is -2.12. The molecule has 0 radical (unpaired) electrons. The average molecular weight is 195 g/mol. The molecule has 1 saturated heterocycles. The van der Waals surface area contributed by atoms with Crippen LogP contribution in [0.3, 0.4) is 0 Å². The molecule has 0 unspecified atom stereocenters. The van der Waals surface area contributed by atoms with Crippen molar-refractivity contribution in [3.63, 3.8) is 0 Å². The summed E-state index contributed by atoms with van der Waals surface area (Å²) in [6.45, 7) is 2.25. The number of aromatic nitrogens is 2. The lowest BCUT2D eigenvalue weighted by atomic mass is 10.1. The van der Waals surface area contributed by atoms with E-state index in [1.54, 1.807) is 0 Å². The molecule has 1 atom stereocenters. The Bertz CT molecular complexity index is 283. The Labute approximate surface area is 82.3 Å². The zero-order valence-corrected chi connectivity index (χ0v) is 7.85. The van der Waals surface area contributed by atoms with Gasteiger partial charge in [0.1, 0.15) is 5.82 Å². The van der Waals surface area contributed by atoms with Crippen LogP contribution in [-0.2, 0) is 4.74 Å². The van der Waals surface area contributed by atoms with E-state index in [2.05, 4.69) is 9.97 Å². The van der Waals surface area contributed by atoms with Gasteiger partial charge in [0, 0.05) is 12.5 Å². The molecule has 2 N–H and O–H groups in total. The number of rotatable bonds is 3. The molecule has 1 aromatic rings. The van der Waals surface area contributed by atoms with Crippen molar-refractivity contribution in [3.05, 3.63) is 12.4 Å². The van der Waals surface area contributed by atoms with Crippen LogP contribution in [0.4, 0.5) is 5.82 Å². The van der Waals surface area contributed by atoms with Crippen LogP contribution in [0.1, 0.15) is 6.42 Å². The first-order valence-electron chi connectivity index (χ1n) is 4.62. The highest BCUT2D eigenvalue weighted by atomic mass is 16.5. The number of nitrogen functional groups attached to an aromatic ring is 1. The molecular weight excluding hydrogens is 182 g/mol. The lowest BCUT2D eigenvalue weighted by molar-refractivity contribution is 0.165. The van der Waals surface area contributed by atoms with Crippen LogP contribution in [0.25, 0.3) is 0 Å². The van der Waals surface area contributed by atoms with Gasteiger partial charge in [-0.25, -0.2) is 9.97 Å². The predicted molar refractivity (Wildman–Crippen MR) is 50.9 cm³/mol. The molecule has 0 bridgehead atoms. The third-order valence-corrected chi connectivity index (χ3v) is 2.14. The van der Waals surface area contributed by atoms with Crippen molar-refractivity contribution in [1.29, 1.82) is 0 Å². The summed E-state index contributed by atoms with van der Waals surface area (Å²) in [6, 6.07) is 0. The molecule has 2 heterocycles. The number of nitrogens with two attached hydrogens (primary N) is 1. The summed E-state index contributed by atoms with van der Waals surface area (Å²) in [7, 11) is 0. The van der Waals surface area contributed by atoms with Crippen LogP contribution >= 0.6 is 0 Å². The summed E-state index contributed by atoms with van der Waals surface area (Å²) in [4.78, 5) is 7.87. The Hall–Kier alpha value is -1.36. The highest BCUT2D eigenvalue weighted by Crippen LogP contribution is 2.14. The van der Waals surface area contributed by atoms with E-state index >= 15 is 0 Å². The minimum Gasteiger partial charge on any atom is -0.476 e. The molecule has 2 rings (SSSR count). The monoisotopic (exact) mass is 195 g/mol. The van der Waals surface area contributed by atoms with Crippen LogP contribution in [0.5, 0.6) is 5.88 Å². The third kappa shape index (κ3) is 2.32. The molecule has 0 saturated carbocycles. The van der Waals surface area contributed by atoms with E-state index in [1.807, 2.05) is 0 Å². The zero-order chi connectivity index (χ0) is 9.80. The first kappa shape index (κ1) is 9.21. The summed E-state index contributed by atoms with van der Waals surface area (Å²) < 4.78 is 10.7. The lowest BCUT2D eigenvalue weighted by Gasteiger charge is -2.08. The Morgan fingerprint density at radius 2 is 2.43 bits per heavy atom. The summed E-state index contributed by atoms with van der Waals surface area (Å²) in [5.74, 6) is 1.40. The van der Waals surface area contributed by atoms with Gasteiger partial charge in [0.2, 0.25) is 5.88 Å². The van der Waals surface area contributed by atoms with Crippen LogP contribution in [0.15, 0.2) is 12.4 Å². The molecule has 0 aromatic carbocycles. The SMILES string of the molecule is Nc1cnc(OC[C@H]2CCOC2)cn1. The number of hydrogen-bond acceptors (Lipinski definition) is 5. The second-order valence-electron chi connectivity index (χ2n) is 3.32. The van der Waals surface area contributed by atoms with Crippen molar-refractivity contribution in [3.8, 4) is 5.88 Å². The van der Waals surface area contributed by atoms with Crippen LogP contribution in [-0.4, -0.2) is 29.8 Å². The van der Waals surface area contributed by atoms with E-state index in [0.29, 0.717) is 24.2 Å². The second kappa shape index (κ2) is 4.23. The average Bonchev–Trinajstić information content (AvgIpc) is 2.70. The van der Waals surface area contributed by atoms with Crippen molar-refractivity contribution in [1.82, 2.24) is 9.97 Å². The molecule has 0 amide bonds. The van der Waals surface area contributed by atoms with Gasteiger partial charge in [0.05, 0.1) is 25.6 Å². The van der Waals surface area contributed by atoms with Gasteiger partial charge >= 0.3 is 0 Å². The van der Waals surface area contributed by atoms with Gasteiger partial charge in [0.15, 0.2) is 0 Å². The molecule has 5 heteroatoms. The van der Waals surface area contributed by atoms with E-state index in [1.165, 1.54) is 12.4 Å². The van der Waals surface area contributed by atoms with Crippen molar-refractivity contribution in [2.75, 3.05) is 25.6 Å². The summed E-state index contributed by atoms with van der Waals surface area (Å²) in [5, 5.41) is 0. The number of ether oxygens (including phenoxy) is 2. The standard InChI is InChI=1S/C9H13N3O2/c10-8-3-12-9(4-11-8)14-6-7-1-2-13-5-7/h3-4,7H,1-2,5-6H2,(H2,10,11)/t7-/m0/s1. The van der Waals surface area contributed by atoms with Crippen LogP contribution < -0.4 is 10.5 Å². The highest BCUT2D eigenvalue weighted by molar-refractivity contribution is 5.24. The second-order valence-corrected chi connectivity index (χ2v) is 3.32. The molecule has 1 aliphatic rings. The fraction of sp³-hybridized carbons (Fsp3) is 0.556. The van der Waals surface area contributed by atoms with Crippen molar-refractivity contribution in [2.24, 2.45) is 5.92 Å². The molecule has 14 heavy (non-hydrogen) atoms. The van der Waals surface area contributed by atoms with Crippen molar-refractivity contribution >= 4 is 5.82 Å². The summed E-state index contributed by atoms with van der Waals surface area (Å²) >= 11 is 0. The first-order valence-corrected chi connectivity index (χ1v) is 4.62. The smallest absolute Gasteiger partial charge is 0.232 e. The maximum atomic E-state index is 5.44. The Kier molecular flexibility index (Phi) is 2.78. The van der Waals surface area contributed by atoms with E-state index in [-0.39, 0.29) is 0 Å². The van der Waals surface area contributed by atoms with E-state index in [4.69, 9.17) is 15.2 Å². The Morgan fingerprint density at radius 3 is 3.07 bits per heavy atom. The van der Waals surface area contributed by atoms with Gasteiger partial charge in [-0.1, -0.05) is 0 Å². The molecule has 1 fully saturated rings. The quantitative estimate of drug-likeness (QED) is 0.759. The molecule has 76 valence electrons.